The smallest absolute Gasteiger partial charge is 0.243 e. The fraction of sp³-hybridized carbons (Fsp3) is 0.278. The van der Waals surface area contributed by atoms with Gasteiger partial charge in [0.05, 0.1) is 4.90 Å². The highest BCUT2D eigenvalue weighted by Gasteiger charge is 2.32. The van der Waals surface area contributed by atoms with Crippen molar-refractivity contribution < 1.29 is 22.0 Å². The number of nitrogens with one attached hydrogen (secondary N) is 1. The van der Waals surface area contributed by atoms with E-state index < -0.39 is 27.6 Å². The molecule has 0 atom stereocenters. The van der Waals surface area contributed by atoms with Gasteiger partial charge in [0.2, 0.25) is 15.9 Å². The summed E-state index contributed by atoms with van der Waals surface area (Å²) in [6, 6.07) is 9.52. The number of hydrogen-bond donors (Lipinski definition) is 1. The van der Waals surface area contributed by atoms with Crippen LogP contribution in [0.15, 0.2) is 51.8 Å². The number of hydrogen-bond acceptors (Lipinski definition) is 3. The molecule has 9 heteroatoms. The van der Waals surface area contributed by atoms with Crippen LogP contribution in [-0.2, 0) is 14.8 Å². The minimum atomic E-state index is -3.61. The molecular weight excluding hydrogens is 442 g/mol. The number of nitrogens with zero attached hydrogens (tertiary/aromatic N) is 1. The highest BCUT2D eigenvalue weighted by atomic mass is 79.9. The number of amides is 1. The summed E-state index contributed by atoms with van der Waals surface area (Å²) < 4.78 is 53.7. The number of anilines is 1. The molecule has 0 aromatic heterocycles. The van der Waals surface area contributed by atoms with Crippen molar-refractivity contribution in [2.45, 2.75) is 17.7 Å². The minimum absolute atomic E-state index is 0.170. The molecule has 1 fully saturated rings. The highest BCUT2D eigenvalue weighted by molar-refractivity contribution is 9.10. The predicted octanol–water partition coefficient (Wildman–Crippen LogP) is 3.77. The first-order valence-electron chi connectivity index (χ1n) is 8.29. The van der Waals surface area contributed by atoms with Crippen LogP contribution in [0, 0.1) is 17.6 Å². The van der Waals surface area contributed by atoms with Crippen LogP contribution >= 0.6 is 15.9 Å². The number of carbonyl (C=O) groups excluding carboxylic acids is 1. The first-order chi connectivity index (χ1) is 12.8. The van der Waals surface area contributed by atoms with Crippen molar-refractivity contribution in [3.63, 3.8) is 0 Å². The van der Waals surface area contributed by atoms with Crippen LogP contribution in [0.4, 0.5) is 14.5 Å². The molecule has 2 aromatic rings. The zero-order chi connectivity index (χ0) is 19.6. The third kappa shape index (κ3) is 4.53. The van der Waals surface area contributed by atoms with Crippen molar-refractivity contribution in [3.8, 4) is 0 Å². The van der Waals surface area contributed by atoms with Gasteiger partial charge in [-0.3, -0.25) is 4.79 Å². The molecule has 27 heavy (non-hydrogen) atoms. The van der Waals surface area contributed by atoms with Gasteiger partial charge in [0.1, 0.15) is 0 Å². The lowest BCUT2D eigenvalue weighted by Crippen LogP contribution is -2.41. The van der Waals surface area contributed by atoms with Crippen molar-refractivity contribution >= 4 is 37.5 Å². The molecule has 1 amide bonds. The van der Waals surface area contributed by atoms with E-state index >= 15 is 0 Å². The number of rotatable bonds is 4. The normalized spacial score (nSPS) is 16.3. The molecule has 5 nitrogen and oxygen atoms in total. The van der Waals surface area contributed by atoms with E-state index in [9.17, 15) is 22.0 Å². The van der Waals surface area contributed by atoms with Crippen molar-refractivity contribution in [3.05, 3.63) is 58.6 Å². The second-order valence-corrected chi connectivity index (χ2v) is 9.10. The number of benzene rings is 2. The molecule has 0 bridgehead atoms. The second-order valence-electron chi connectivity index (χ2n) is 6.25. The number of halogens is 3. The lowest BCUT2D eigenvalue weighted by molar-refractivity contribution is -0.120. The Bertz CT molecular complexity index is 944. The van der Waals surface area contributed by atoms with E-state index in [1.165, 1.54) is 22.5 Å². The zero-order valence-corrected chi connectivity index (χ0v) is 16.6. The third-order valence-electron chi connectivity index (χ3n) is 4.46. The van der Waals surface area contributed by atoms with Crippen LogP contribution < -0.4 is 5.32 Å². The molecule has 3 rings (SSSR count). The van der Waals surface area contributed by atoms with E-state index in [0.717, 1.165) is 16.6 Å². The summed E-state index contributed by atoms with van der Waals surface area (Å²) in [5.74, 6) is -2.75. The topological polar surface area (TPSA) is 66.5 Å². The summed E-state index contributed by atoms with van der Waals surface area (Å²) in [4.78, 5) is 12.5. The summed E-state index contributed by atoms with van der Waals surface area (Å²) in [6.07, 6.45) is 0.705. The Morgan fingerprint density at radius 1 is 1.04 bits per heavy atom. The molecule has 0 spiro atoms. The SMILES string of the molecule is O=C(Nc1ccc(F)c(F)c1)C1CCN(S(=O)(=O)c2ccc(Br)cc2)CC1. The van der Waals surface area contributed by atoms with Gasteiger partial charge in [-0.1, -0.05) is 15.9 Å². The molecule has 1 saturated heterocycles. The van der Waals surface area contributed by atoms with Gasteiger partial charge < -0.3 is 5.32 Å². The molecule has 0 aliphatic carbocycles. The first-order valence-corrected chi connectivity index (χ1v) is 10.5. The average Bonchev–Trinajstić information content (AvgIpc) is 2.65. The molecule has 0 radical (unpaired) electrons. The molecular formula is C18H17BrF2N2O3S. The Kier molecular flexibility index (Phi) is 5.92. The number of carbonyl (C=O) groups is 1. The molecule has 0 saturated carbocycles. The summed E-state index contributed by atoms with van der Waals surface area (Å²) in [7, 11) is -3.61. The van der Waals surface area contributed by atoms with Crippen LogP contribution in [0.1, 0.15) is 12.8 Å². The summed E-state index contributed by atoms with van der Waals surface area (Å²) in [5.41, 5.74) is 0.170. The van der Waals surface area contributed by atoms with Crippen molar-refractivity contribution in [2.24, 2.45) is 5.92 Å². The van der Waals surface area contributed by atoms with Gasteiger partial charge >= 0.3 is 0 Å². The van der Waals surface area contributed by atoms with E-state index in [1.807, 2.05) is 0 Å². The second kappa shape index (κ2) is 8.04. The van der Waals surface area contributed by atoms with E-state index in [2.05, 4.69) is 21.2 Å². The van der Waals surface area contributed by atoms with Crippen LogP contribution in [0.25, 0.3) is 0 Å². The standard InChI is InChI=1S/C18H17BrF2N2O3S/c19-13-1-4-15(5-2-13)27(25,26)23-9-7-12(8-10-23)18(24)22-14-3-6-16(20)17(21)11-14/h1-6,11-12H,7-10H2,(H,22,24). The maximum absolute atomic E-state index is 13.2. The van der Waals surface area contributed by atoms with Crippen LogP contribution in [0.5, 0.6) is 0 Å². The van der Waals surface area contributed by atoms with E-state index in [-0.39, 0.29) is 29.6 Å². The van der Waals surface area contributed by atoms with Gasteiger partial charge in [-0.25, -0.2) is 17.2 Å². The van der Waals surface area contributed by atoms with E-state index in [4.69, 9.17) is 0 Å². The maximum atomic E-state index is 13.2. The van der Waals surface area contributed by atoms with Gasteiger partial charge in [-0.15, -0.1) is 0 Å². The Morgan fingerprint density at radius 3 is 2.26 bits per heavy atom. The van der Waals surface area contributed by atoms with Gasteiger partial charge in [0.25, 0.3) is 0 Å². The predicted molar refractivity (Wildman–Crippen MR) is 101 cm³/mol. The molecule has 144 valence electrons. The third-order valence-corrected chi connectivity index (χ3v) is 6.90. The fourth-order valence-electron chi connectivity index (χ4n) is 2.93. The number of piperidine rings is 1. The minimum Gasteiger partial charge on any atom is -0.326 e. The van der Waals surface area contributed by atoms with Crippen molar-refractivity contribution in [1.29, 1.82) is 0 Å². The van der Waals surface area contributed by atoms with Crippen molar-refractivity contribution in [1.82, 2.24) is 4.31 Å². The van der Waals surface area contributed by atoms with Crippen molar-refractivity contribution in [2.75, 3.05) is 18.4 Å². The molecule has 1 aliphatic heterocycles. The zero-order valence-electron chi connectivity index (χ0n) is 14.2. The molecule has 2 aromatic carbocycles. The van der Waals surface area contributed by atoms with Gasteiger partial charge in [-0.2, -0.15) is 4.31 Å². The van der Waals surface area contributed by atoms with Crippen LogP contribution in [0.3, 0.4) is 0 Å². The first kappa shape index (κ1) is 19.9. The Labute approximate surface area is 164 Å². The fourth-order valence-corrected chi connectivity index (χ4v) is 4.67. The molecule has 1 aliphatic rings. The molecule has 1 N–H and O–H groups in total. The summed E-state index contributed by atoms with van der Waals surface area (Å²) in [5, 5.41) is 2.55. The van der Waals surface area contributed by atoms with E-state index in [0.29, 0.717) is 12.8 Å². The quantitative estimate of drug-likeness (QED) is 0.758. The Balaban J connectivity index is 1.61. The largest absolute Gasteiger partial charge is 0.326 e. The molecule has 1 heterocycles. The summed E-state index contributed by atoms with van der Waals surface area (Å²) in [6.45, 7) is 0.433. The Morgan fingerprint density at radius 2 is 1.67 bits per heavy atom. The van der Waals surface area contributed by atoms with Crippen LogP contribution in [0.2, 0.25) is 0 Å². The average molecular weight is 459 g/mol. The van der Waals surface area contributed by atoms with Gasteiger partial charge in [0, 0.05) is 35.2 Å². The molecule has 0 unspecified atom stereocenters. The number of sulfonamides is 1. The highest BCUT2D eigenvalue weighted by Crippen LogP contribution is 2.26. The lowest BCUT2D eigenvalue weighted by atomic mass is 9.97. The maximum Gasteiger partial charge on any atom is 0.243 e. The lowest BCUT2D eigenvalue weighted by Gasteiger charge is -2.30. The monoisotopic (exact) mass is 458 g/mol. The Hall–Kier alpha value is -1.84. The van der Waals surface area contributed by atoms with Crippen LogP contribution in [-0.4, -0.2) is 31.7 Å². The van der Waals surface area contributed by atoms with Gasteiger partial charge in [0.15, 0.2) is 11.6 Å². The van der Waals surface area contributed by atoms with E-state index in [1.54, 1.807) is 12.1 Å². The summed E-state index contributed by atoms with van der Waals surface area (Å²) >= 11 is 3.27. The van der Waals surface area contributed by atoms with Gasteiger partial charge in [-0.05, 0) is 49.2 Å².